The molecule has 0 unspecified atom stereocenters. The molecule has 2 nitrogen and oxygen atoms in total. The lowest BCUT2D eigenvalue weighted by atomic mass is 9.74. The predicted molar refractivity (Wildman–Crippen MR) is 100 cm³/mol. The second kappa shape index (κ2) is 6.29. The summed E-state index contributed by atoms with van der Waals surface area (Å²) in [5.41, 5.74) is 2.31. The van der Waals surface area contributed by atoms with Crippen molar-refractivity contribution in [2.75, 3.05) is 18.8 Å². The molecule has 2 aromatic carbocycles. The molecule has 0 aliphatic carbocycles. The van der Waals surface area contributed by atoms with Crippen molar-refractivity contribution in [3.05, 3.63) is 63.6 Å². The Balaban J connectivity index is 1.50. The molecule has 1 spiro atoms. The van der Waals surface area contributed by atoms with Gasteiger partial charge >= 0.3 is 0 Å². The Morgan fingerprint density at radius 3 is 2.54 bits per heavy atom. The molecule has 0 bridgehead atoms. The number of piperidine rings is 1. The molecule has 2 aromatic rings. The number of rotatable bonds is 1. The van der Waals surface area contributed by atoms with Crippen LogP contribution in [0.4, 0.5) is 0 Å². The molecule has 2 aliphatic rings. The predicted octanol–water partition coefficient (Wildman–Crippen LogP) is 5.27. The number of halogens is 2. The fourth-order valence-corrected chi connectivity index (χ4v) is 5.48. The largest absolute Gasteiger partial charge is 0.339 e. The third kappa shape index (κ3) is 2.73. The van der Waals surface area contributed by atoms with Crippen molar-refractivity contribution in [1.82, 2.24) is 4.90 Å². The van der Waals surface area contributed by atoms with E-state index < -0.39 is 0 Å². The van der Waals surface area contributed by atoms with Gasteiger partial charge in [0.05, 0.1) is 10.0 Å². The summed E-state index contributed by atoms with van der Waals surface area (Å²) >= 11 is 13.9. The zero-order valence-electron chi connectivity index (χ0n) is 13.1. The second-order valence-corrected chi connectivity index (χ2v) is 8.32. The summed E-state index contributed by atoms with van der Waals surface area (Å²) in [6, 6.07) is 13.8. The smallest absolute Gasteiger partial charge is 0.253 e. The molecule has 0 N–H and O–H groups in total. The highest BCUT2D eigenvalue weighted by molar-refractivity contribution is 7.99. The van der Waals surface area contributed by atoms with Gasteiger partial charge < -0.3 is 4.90 Å². The van der Waals surface area contributed by atoms with E-state index in [4.69, 9.17) is 23.2 Å². The summed E-state index contributed by atoms with van der Waals surface area (Å²) in [6.07, 6.45) is 2.04. The van der Waals surface area contributed by atoms with Gasteiger partial charge in [0.25, 0.3) is 5.91 Å². The first kappa shape index (κ1) is 16.3. The molecule has 0 radical (unpaired) electrons. The molecule has 1 saturated heterocycles. The van der Waals surface area contributed by atoms with Gasteiger partial charge in [0.2, 0.25) is 0 Å². The number of carbonyl (C=O) groups is 1. The lowest BCUT2D eigenvalue weighted by Gasteiger charge is -2.39. The van der Waals surface area contributed by atoms with E-state index in [1.165, 1.54) is 10.5 Å². The maximum Gasteiger partial charge on any atom is 0.253 e. The molecule has 4 rings (SSSR count). The average molecular weight is 378 g/mol. The van der Waals surface area contributed by atoms with Crippen molar-refractivity contribution in [2.45, 2.75) is 23.2 Å². The van der Waals surface area contributed by atoms with E-state index in [0.717, 1.165) is 31.7 Å². The van der Waals surface area contributed by atoms with Crippen molar-refractivity contribution in [3.63, 3.8) is 0 Å². The van der Waals surface area contributed by atoms with Crippen LogP contribution in [0.2, 0.25) is 10.0 Å². The highest BCUT2D eigenvalue weighted by Crippen LogP contribution is 2.49. The van der Waals surface area contributed by atoms with E-state index in [0.29, 0.717) is 15.6 Å². The van der Waals surface area contributed by atoms with Gasteiger partial charge in [0.1, 0.15) is 0 Å². The lowest BCUT2D eigenvalue weighted by molar-refractivity contribution is 0.0679. The van der Waals surface area contributed by atoms with Gasteiger partial charge in [0.15, 0.2) is 0 Å². The van der Waals surface area contributed by atoms with Crippen LogP contribution in [0.15, 0.2) is 47.4 Å². The number of hydrogen-bond donors (Lipinski definition) is 0. The van der Waals surface area contributed by atoms with Crippen molar-refractivity contribution in [2.24, 2.45) is 0 Å². The van der Waals surface area contributed by atoms with Crippen LogP contribution in [0.25, 0.3) is 0 Å². The number of likely N-dealkylation sites (tertiary alicyclic amines) is 1. The quantitative estimate of drug-likeness (QED) is 0.674. The Morgan fingerprint density at radius 1 is 1.04 bits per heavy atom. The lowest BCUT2D eigenvalue weighted by Crippen LogP contribution is -2.45. The number of fused-ring (bicyclic) bond motifs is 2. The molecule has 0 atom stereocenters. The first-order valence-corrected chi connectivity index (χ1v) is 9.80. The highest BCUT2D eigenvalue weighted by atomic mass is 35.5. The molecule has 1 fully saturated rings. The Morgan fingerprint density at radius 2 is 1.79 bits per heavy atom. The molecule has 0 saturated carbocycles. The standard InChI is InChI=1S/C19H17Cl2NOS/c20-15-6-5-13(11-16(15)21)18(23)22-9-7-19(8-10-22)12-24-17-4-2-1-3-14(17)19/h1-6,11H,7-10,12H2. The molecular formula is C19H17Cl2NOS. The van der Waals surface area contributed by atoms with E-state index in [1.54, 1.807) is 18.2 Å². The van der Waals surface area contributed by atoms with E-state index in [9.17, 15) is 4.79 Å². The van der Waals surface area contributed by atoms with E-state index >= 15 is 0 Å². The maximum absolute atomic E-state index is 12.7. The van der Waals surface area contributed by atoms with Gasteiger partial charge in [-0.25, -0.2) is 0 Å². The molecule has 5 heteroatoms. The Hall–Kier alpha value is -1.16. The number of amides is 1. The zero-order chi connectivity index (χ0) is 16.7. The number of thioether (sulfide) groups is 1. The van der Waals surface area contributed by atoms with E-state index in [-0.39, 0.29) is 11.3 Å². The van der Waals surface area contributed by atoms with Crippen LogP contribution in [0.1, 0.15) is 28.8 Å². The van der Waals surface area contributed by atoms with E-state index in [2.05, 4.69) is 24.3 Å². The summed E-state index contributed by atoms with van der Waals surface area (Å²) in [7, 11) is 0. The average Bonchev–Trinajstić information content (AvgIpc) is 2.96. The third-order valence-corrected chi connectivity index (χ3v) is 7.24. The first-order valence-electron chi connectivity index (χ1n) is 8.06. The van der Waals surface area contributed by atoms with Crippen LogP contribution in [0, 0.1) is 0 Å². The molecule has 2 heterocycles. The minimum Gasteiger partial charge on any atom is -0.339 e. The van der Waals surface area contributed by atoms with Crippen LogP contribution < -0.4 is 0 Å². The number of hydrogen-bond acceptors (Lipinski definition) is 2. The fraction of sp³-hybridized carbons (Fsp3) is 0.316. The third-order valence-electron chi connectivity index (χ3n) is 5.14. The van der Waals surface area contributed by atoms with Gasteiger partial charge in [-0.1, -0.05) is 41.4 Å². The first-order chi connectivity index (χ1) is 11.6. The second-order valence-electron chi connectivity index (χ2n) is 6.49. The number of nitrogens with zero attached hydrogens (tertiary/aromatic N) is 1. The van der Waals surface area contributed by atoms with Crippen LogP contribution in [0.5, 0.6) is 0 Å². The molecule has 1 amide bonds. The van der Waals surface area contributed by atoms with Gasteiger partial charge in [-0.05, 0) is 42.7 Å². The van der Waals surface area contributed by atoms with Crippen LogP contribution in [-0.4, -0.2) is 29.6 Å². The summed E-state index contributed by atoms with van der Waals surface area (Å²) in [5.74, 6) is 1.17. The SMILES string of the molecule is O=C(c1ccc(Cl)c(Cl)c1)N1CCC2(CC1)CSc1ccccc12. The van der Waals surface area contributed by atoms with E-state index in [1.807, 2.05) is 16.7 Å². The molecule has 124 valence electrons. The molecule has 2 aliphatic heterocycles. The summed E-state index contributed by atoms with van der Waals surface area (Å²) in [4.78, 5) is 16.1. The van der Waals surface area contributed by atoms with Crippen molar-refractivity contribution in [3.8, 4) is 0 Å². The van der Waals surface area contributed by atoms with Crippen molar-refractivity contribution < 1.29 is 4.79 Å². The summed E-state index contributed by atoms with van der Waals surface area (Å²) < 4.78 is 0. The minimum atomic E-state index is 0.0438. The Kier molecular flexibility index (Phi) is 4.27. The Bertz CT molecular complexity index is 800. The molecular weight excluding hydrogens is 361 g/mol. The maximum atomic E-state index is 12.7. The van der Waals surface area contributed by atoms with Gasteiger partial charge in [-0.15, -0.1) is 11.8 Å². The highest BCUT2D eigenvalue weighted by Gasteiger charge is 2.42. The van der Waals surface area contributed by atoms with Crippen LogP contribution in [0.3, 0.4) is 0 Å². The number of carbonyl (C=O) groups excluding carboxylic acids is 1. The minimum absolute atomic E-state index is 0.0438. The van der Waals surface area contributed by atoms with Gasteiger partial charge in [-0.3, -0.25) is 4.79 Å². The monoisotopic (exact) mass is 377 g/mol. The molecule has 24 heavy (non-hydrogen) atoms. The number of benzene rings is 2. The molecule has 0 aromatic heterocycles. The van der Waals surface area contributed by atoms with Crippen molar-refractivity contribution >= 4 is 40.9 Å². The fourth-order valence-electron chi connectivity index (χ4n) is 3.69. The summed E-state index contributed by atoms with van der Waals surface area (Å²) in [6.45, 7) is 1.57. The van der Waals surface area contributed by atoms with Gasteiger partial charge in [-0.2, -0.15) is 0 Å². The normalized spacial score (nSPS) is 18.7. The topological polar surface area (TPSA) is 20.3 Å². The van der Waals surface area contributed by atoms with Crippen LogP contribution >= 0.6 is 35.0 Å². The summed E-state index contributed by atoms with van der Waals surface area (Å²) in [5, 5.41) is 0.905. The van der Waals surface area contributed by atoms with Crippen molar-refractivity contribution in [1.29, 1.82) is 0 Å². The van der Waals surface area contributed by atoms with Gasteiger partial charge in [0, 0.05) is 34.7 Å². The van der Waals surface area contributed by atoms with Crippen LogP contribution in [-0.2, 0) is 5.41 Å². The Labute approximate surface area is 156 Å². The zero-order valence-corrected chi connectivity index (χ0v) is 15.4.